The van der Waals surface area contributed by atoms with Gasteiger partial charge in [0.15, 0.2) is 5.78 Å². The van der Waals surface area contributed by atoms with Gasteiger partial charge in [-0.15, -0.1) is 6.58 Å². The standard InChI is InChI=1S/C17H20O3/c1-3-8-15(17(19)20)14(4-2)16(18)12-11-13-9-6-5-7-10-13/h3,5-7,9-12,14-15H,1,4,8H2,2H3,(H,19,20). The number of benzene rings is 1. The van der Waals surface area contributed by atoms with Crippen LogP contribution in [0.2, 0.25) is 0 Å². The van der Waals surface area contributed by atoms with Gasteiger partial charge >= 0.3 is 5.97 Å². The molecule has 0 spiro atoms. The second-order valence-electron chi connectivity index (χ2n) is 4.63. The van der Waals surface area contributed by atoms with Crippen LogP contribution in [0, 0.1) is 11.8 Å². The van der Waals surface area contributed by atoms with Crippen molar-refractivity contribution in [3.8, 4) is 0 Å². The molecule has 2 atom stereocenters. The van der Waals surface area contributed by atoms with E-state index < -0.39 is 17.8 Å². The molecular formula is C17H20O3. The average Bonchev–Trinajstić information content (AvgIpc) is 2.46. The predicted octanol–water partition coefficient (Wildman–Crippen LogP) is 3.57. The Labute approximate surface area is 119 Å². The van der Waals surface area contributed by atoms with E-state index in [1.165, 1.54) is 6.08 Å². The first-order valence-corrected chi connectivity index (χ1v) is 6.70. The van der Waals surface area contributed by atoms with Crippen molar-refractivity contribution in [2.75, 3.05) is 0 Å². The van der Waals surface area contributed by atoms with E-state index in [0.29, 0.717) is 12.8 Å². The van der Waals surface area contributed by atoms with Crippen LogP contribution >= 0.6 is 0 Å². The van der Waals surface area contributed by atoms with E-state index in [1.54, 1.807) is 12.2 Å². The minimum absolute atomic E-state index is 0.148. The Morgan fingerprint density at radius 2 is 1.90 bits per heavy atom. The monoisotopic (exact) mass is 272 g/mol. The maximum Gasteiger partial charge on any atom is 0.307 e. The van der Waals surface area contributed by atoms with Crippen molar-refractivity contribution >= 4 is 17.8 Å². The average molecular weight is 272 g/mol. The summed E-state index contributed by atoms with van der Waals surface area (Å²) in [5.41, 5.74) is 0.922. The molecule has 3 nitrogen and oxygen atoms in total. The fraction of sp³-hybridized carbons (Fsp3) is 0.294. The molecule has 0 radical (unpaired) electrons. The molecule has 106 valence electrons. The van der Waals surface area contributed by atoms with Crippen molar-refractivity contribution in [1.82, 2.24) is 0 Å². The van der Waals surface area contributed by atoms with E-state index in [9.17, 15) is 14.7 Å². The first-order valence-electron chi connectivity index (χ1n) is 6.70. The summed E-state index contributed by atoms with van der Waals surface area (Å²) in [7, 11) is 0. The molecule has 1 aromatic rings. The molecule has 0 bridgehead atoms. The minimum atomic E-state index is -0.946. The summed E-state index contributed by atoms with van der Waals surface area (Å²) in [6, 6.07) is 9.46. The Morgan fingerprint density at radius 3 is 2.40 bits per heavy atom. The van der Waals surface area contributed by atoms with E-state index in [0.717, 1.165) is 5.56 Å². The van der Waals surface area contributed by atoms with Crippen molar-refractivity contribution < 1.29 is 14.7 Å². The molecule has 1 rings (SSSR count). The number of hydrogen-bond donors (Lipinski definition) is 1. The van der Waals surface area contributed by atoms with E-state index in [1.807, 2.05) is 37.3 Å². The number of carboxylic acids is 1. The first-order chi connectivity index (χ1) is 9.60. The molecule has 0 saturated carbocycles. The van der Waals surface area contributed by atoms with Gasteiger partial charge in [-0.3, -0.25) is 9.59 Å². The van der Waals surface area contributed by atoms with Crippen molar-refractivity contribution in [1.29, 1.82) is 0 Å². The number of ketones is 1. The number of carboxylic acid groups (broad SMARTS) is 1. The maximum absolute atomic E-state index is 12.2. The van der Waals surface area contributed by atoms with E-state index in [2.05, 4.69) is 6.58 Å². The van der Waals surface area contributed by atoms with Crippen molar-refractivity contribution in [3.05, 3.63) is 54.6 Å². The van der Waals surface area contributed by atoms with Crippen LogP contribution in [-0.4, -0.2) is 16.9 Å². The molecule has 0 amide bonds. The summed E-state index contributed by atoms with van der Waals surface area (Å²) >= 11 is 0. The summed E-state index contributed by atoms with van der Waals surface area (Å²) in [4.78, 5) is 23.4. The van der Waals surface area contributed by atoms with Gasteiger partial charge in [-0.2, -0.15) is 0 Å². The number of allylic oxidation sites excluding steroid dienone is 2. The fourth-order valence-electron chi connectivity index (χ4n) is 2.17. The molecule has 1 N–H and O–H groups in total. The minimum Gasteiger partial charge on any atom is -0.481 e. The second-order valence-corrected chi connectivity index (χ2v) is 4.63. The third-order valence-electron chi connectivity index (χ3n) is 3.27. The van der Waals surface area contributed by atoms with Crippen LogP contribution in [0.4, 0.5) is 0 Å². The van der Waals surface area contributed by atoms with Crippen LogP contribution in [0.25, 0.3) is 6.08 Å². The summed E-state index contributed by atoms with van der Waals surface area (Å²) < 4.78 is 0. The largest absolute Gasteiger partial charge is 0.481 e. The maximum atomic E-state index is 12.2. The molecule has 0 aliphatic carbocycles. The molecule has 0 aliphatic rings. The van der Waals surface area contributed by atoms with Gasteiger partial charge in [0, 0.05) is 5.92 Å². The predicted molar refractivity (Wildman–Crippen MR) is 80.2 cm³/mol. The van der Waals surface area contributed by atoms with E-state index in [-0.39, 0.29) is 5.78 Å². The summed E-state index contributed by atoms with van der Waals surface area (Å²) in [6.45, 7) is 5.39. The third-order valence-corrected chi connectivity index (χ3v) is 3.27. The van der Waals surface area contributed by atoms with Gasteiger partial charge in [0.25, 0.3) is 0 Å². The fourth-order valence-corrected chi connectivity index (χ4v) is 2.17. The van der Waals surface area contributed by atoms with Gasteiger partial charge in [0.1, 0.15) is 0 Å². The highest BCUT2D eigenvalue weighted by Gasteiger charge is 2.29. The van der Waals surface area contributed by atoms with Crippen molar-refractivity contribution in [2.24, 2.45) is 11.8 Å². The van der Waals surface area contributed by atoms with E-state index in [4.69, 9.17) is 0 Å². The molecule has 2 unspecified atom stereocenters. The smallest absolute Gasteiger partial charge is 0.307 e. The molecule has 0 saturated heterocycles. The molecule has 3 heteroatoms. The third kappa shape index (κ3) is 4.50. The lowest BCUT2D eigenvalue weighted by Gasteiger charge is -2.18. The Balaban J connectivity index is 2.83. The summed E-state index contributed by atoms with van der Waals surface area (Å²) in [6.07, 6.45) is 5.55. The van der Waals surface area contributed by atoms with Gasteiger partial charge in [0.2, 0.25) is 0 Å². The van der Waals surface area contributed by atoms with Gasteiger partial charge in [-0.05, 0) is 24.5 Å². The van der Waals surface area contributed by atoms with Crippen LogP contribution < -0.4 is 0 Å². The van der Waals surface area contributed by atoms with E-state index >= 15 is 0 Å². The molecule has 1 aromatic carbocycles. The molecule has 0 fully saturated rings. The quantitative estimate of drug-likeness (QED) is 0.581. The highest BCUT2D eigenvalue weighted by Crippen LogP contribution is 2.22. The lowest BCUT2D eigenvalue weighted by molar-refractivity contribution is -0.146. The highest BCUT2D eigenvalue weighted by molar-refractivity contribution is 5.97. The molecule has 0 aliphatic heterocycles. The Morgan fingerprint density at radius 1 is 1.25 bits per heavy atom. The number of carbonyl (C=O) groups is 2. The first kappa shape index (κ1) is 15.9. The number of aliphatic carboxylic acids is 1. The molecule has 20 heavy (non-hydrogen) atoms. The zero-order valence-corrected chi connectivity index (χ0v) is 11.7. The number of carbonyl (C=O) groups excluding carboxylic acids is 1. The highest BCUT2D eigenvalue weighted by atomic mass is 16.4. The van der Waals surface area contributed by atoms with Crippen molar-refractivity contribution in [2.45, 2.75) is 19.8 Å². The van der Waals surface area contributed by atoms with Gasteiger partial charge in [0.05, 0.1) is 5.92 Å². The molecule has 0 heterocycles. The number of rotatable bonds is 8. The van der Waals surface area contributed by atoms with Crippen LogP contribution in [0.15, 0.2) is 49.1 Å². The lowest BCUT2D eigenvalue weighted by Crippen LogP contribution is -2.28. The Hall–Kier alpha value is -2.16. The van der Waals surface area contributed by atoms with Crippen LogP contribution in [0.5, 0.6) is 0 Å². The van der Waals surface area contributed by atoms with Gasteiger partial charge in [-0.1, -0.05) is 49.4 Å². The van der Waals surface area contributed by atoms with Crippen molar-refractivity contribution in [3.63, 3.8) is 0 Å². The van der Waals surface area contributed by atoms with Crippen LogP contribution in [0.3, 0.4) is 0 Å². The normalized spacial score (nSPS) is 13.8. The lowest BCUT2D eigenvalue weighted by atomic mass is 9.84. The number of hydrogen-bond acceptors (Lipinski definition) is 2. The Kier molecular flexibility index (Phi) is 6.44. The summed E-state index contributed by atoms with van der Waals surface area (Å²) in [5, 5.41) is 9.22. The molecular weight excluding hydrogens is 252 g/mol. The Bertz CT molecular complexity index is 488. The second kappa shape index (κ2) is 8.10. The SMILES string of the molecule is C=CCC(C(=O)O)C(CC)C(=O)C=Cc1ccccc1. The van der Waals surface area contributed by atoms with Gasteiger partial charge < -0.3 is 5.11 Å². The van der Waals surface area contributed by atoms with Gasteiger partial charge in [-0.25, -0.2) is 0 Å². The molecule has 0 aromatic heterocycles. The van der Waals surface area contributed by atoms with Crippen LogP contribution in [-0.2, 0) is 9.59 Å². The topological polar surface area (TPSA) is 54.4 Å². The summed E-state index contributed by atoms with van der Waals surface area (Å²) in [5.74, 6) is -2.31. The van der Waals surface area contributed by atoms with Crippen LogP contribution in [0.1, 0.15) is 25.3 Å². The zero-order chi connectivity index (χ0) is 15.0. The zero-order valence-electron chi connectivity index (χ0n) is 11.7.